The molecule has 0 aliphatic rings. The van der Waals surface area contributed by atoms with Gasteiger partial charge in [-0.3, -0.25) is 0 Å². The second-order valence-electron chi connectivity index (χ2n) is 4.25. The lowest BCUT2D eigenvalue weighted by atomic mass is 10.2. The molecule has 0 fully saturated rings. The Morgan fingerprint density at radius 2 is 1.65 bits per heavy atom. The molecule has 2 aromatic carbocycles. The Morgan fingerprint density at radius 1 is 0.950 bits per heavy atom. The number of rotatable bonds is 2. The quantitative estimate of drug-likeness (QED) is 0.708. The molecule has 0 spiro atoms. The summed E-state index contributed by atoms with van der Waals surface area (Å²) in [6, 6.07) is 13.1. The molecule has 0 radical (unpaired) electrons. The Kier molecular flexibility index (Phi) is 3.24. The summed E-state index contributed by atoms with van der Waals surface area (Å²) in [6.45, 7) is 0. The Morgan fingerprint density at radius 3 is 2.35 bits per heavy atom. The van der Waals surface area contributed by atoms with Gasteiger partial charge >= 0.3 is 0 Å². The van der Waals surface area contributed by atoms with E-state index >= 15 is 0 Å². The first kappa shape index (κ1) is 13.5. The van der Waals surface area contributed by atoms with Crippen molar-refractivity contribution in [1.29, 1.82) is 0 Å². The minimum atomic E-state index is -3.66. The molecular formula is C14H9Cl2NO2S. The summed E-state index contributed by atoms with van der Waals surface area (Å²) in [6.07, 6.45) is 1.48. The molecule has 0 unspecified atom stereocenters. The summed E-state index contributed by atoms with van der Waals surface area (Å²) in [4.78, 5) is 0.216. The Hall–Kier alpha value is -1.49. The lowest BCUT2D eigenvalue weighted by Gasteiger charge is -2.08. The number of hydrogen-bond acceptors (Lipinski definition) is 2. The van der Waals surface area contributed by atoms with Crippen LogP contribution >= 0.6 is 23.2 Å². The first-order chi connectivity index (χ1) is 9.50. The molecule has 3 aromatic rings. The zero-order chi connectivity index (χ0) is 14.3. The fourth-order valence-corrected chi connectivity index (χ4v) is 3.96. The molecule has 102 valence electrons. The summed E-state index contributed by atoms with van der Waals surface area (Å²) in [5.41, 5.74) is 0.464. The molecule has 0 saturated heterocycles. The van der Waals surface area contributed by atoms with E-state index in [4.69, 9.17) is 23.2 Å². The molecule has 1 heterocycles. The third-order valence-corrected chi connectivity index (χ3v) is 5.22. The number of nitrogens with zero attached hydrogens (tertiary/aromatic N) is 1. The highest BCUT2D eigenvalue weighted by Gasteiger charge is 2.19. The second-order valence-corrected chi connectivity index (χ2v) is 6.91. The maximum atomic E-state index is 12.6. The Labute approximate surface area is 126 Å². The topological polar surface area (TPSA) is 39.1 Å². The van der Waals surface area contributed by atoms with Crippen molar-refractivity contribution in [3.63, 3.8) is 0 Å². The first-order valence-corrected chi connectivity index (χ1v) is 7.96. The van der Waals surface area contributed by atoms with Gasteiger partial charge in [-0.15, -0.1) is 0 Å². The van der Waals surface area contributed by atoms with Gasteiger partial charge in [-0.25, -0.2) is 12.4 Å². The van der Waals surface area contributed by atoms with Crippen LogP contribution in [-0.2, 0) is 10.0 Å². The molecule has 0 aliphatic carbocycles. The Balaban J connectivity index is 2.31. The lowest BCUT2D eigenvalue weighted by Crippen LogP contribution is -2.11. The predicted molar refractivity (Wildman–Crippen MR) is 81.0 cm³/mol. The molecule has 0 aliphatic heterocycles. The zero-order valence-corrected chi connectivity index (χ0v) is 12.5. The van der Waals surface area contributed by atoms with E-state index in [2.05, 4.69) is 0 Å². The van der Waals surface area contributed by atoms with Crippen molar-refractivity contribution >= 4 is 44.1 Å². The summed E-state index contributed by atoms with van der Waals surface area (Å²) in [7, 11) is -3.66. The molecule has 6 heteroatoms. The van der Waals surface area contributed by atoms with E-state index in [1.807, 2.05) is 0 Å². The van der Waals surface area contributed by atoms with Crippen LogP contribution in [0.3, 0.4) is 0 Å². The van der Waals surface area contributed by atoms with E-state index in [-0.39, 0.29) is 4.90 Å². The van der Waals surface area contributed by atoms with E-state index in [1.165, 1.54) is 10.2 Å². The van der Waals surface area contributed by atoms with Crippen LogP contribution in [-0.4, -0.2) is 12.4 Å². The van der Waals surface area contributed by atoms with Crippen LogP contribution in [0.1, 0.15) is 0 Å². The van der Waals surface area contributed by atoms with Gasteiger partial charge in [0.15, 0.2) is 0 Å². The van der Waals surface area contributed by atoms with E-state index in [9.17, 15) is 8.42 Å². The van der Waals surface area contributed by atoms with E-state index in [0.717, 1.165) is 0 Å². The van der Waals surface area contributed by atoms with Crippen LogP contribution in [0.2, 0.25) is 10.0 Å². The zero-order valence-electron chi connectivity index (χ0n) is 10.1. The average molecular weight is 326 g/mol. The number of aromatic nitrogens is 1. The molecule has 0 amide bonds. The van der Waals surface area contributed by atoms with Gasteiger partial charge in [-0.1, -0.05) is 41.4 Å². The van der Waals surface area contributed by atoms with Gasteiger partial charge in [0.1, 0.15) is 0 Å². The van der Waals surface area contributed by atoms with Crippen LogP contribution in [0.5, 0.6) is 0 Å². The fraction of sp³-hybridized carbons (Fsp3) is 0. The van der Waals surface area contributed by atoms with Crippen molar-refractivity contribution in [3.8, 4) is 0 Å². The van der Waals surface area contributed by atoms with Gasteiger partial charge in [0.05, 0.1) is 15.4 Å². The Bertz CT molecular complexity index is 886. The third-order valence-electron chi connectivity index (χ3n) is 2.99. The smallest absolute Gasteiger partial charge is 0.241 e. The summed E-state index contributed by atoms with van der Waals surface area (Å²) in [5.74, 6) is 0. The molecule has 0 atom stereocenters. The minimum absolute atomic E-state index is 0.216. The van der Waals surface area contributed by atoms with Crippen LogP contribution < -0.4 is 0 Å². The molecule has 0 saturated carbocycles. The normalized spacial score (nSPS) is 11.9. The number of fused-ring (bicyclic) bond motifs is 1. The average Bonchev–Trinajstić information content (AvgIpc) is 2.84. The maximum absolute atomic E-state index is 12.6. The highest BCUT2D eigenvalue weighted by molar-refractivity contribution is 7.90. The van der Waals surface area contributed by atoms with E-state index in [0.29, 0.717) is 20.9 Å². The predicted octanol–water partition coefficient (Wildman–Crippen LogP) is 4.19. The largest absolute Gasteiger partial charge is 0.268 e. The van der Waals surface area contributed by atoms with Crippen molar-refractivity contribution < 1.29 is 8.42 Å². The monoisotopic (exact) mass is 325 g/mol. The van der Waals surface area contributed by atoms with Crippen molar-refractivity contribution in [2.24, 2.45) is 0 Å². The number of halogens is 2. The second kappa shape index (κ2) is 4.81. The van der Waals surface area contributed by atoms with Crippen LogP contribution in [0.4, 0.5) is 0 Å². The summed E-state index contributed by atoms with van der Waals surface area (Å²) in [5, 5.41) is 1.47. The third kappa shape index (κ3) is 2.10. The van der Waals surface area contributed by atoms with Gasteiger partial charge < -0.3 is 0 Å². The fourth-order valence-electron chi connectivity index (χ4n) is 2.06. The minimum Gasteiger partial charge on any atom is -0.241 e. The van der Waals surface area contributed by atoms with Crippen molar-refractivity contribution in [2.45, 2.75) is 4.90 Å². The molecule has 1 aromatic heterocycles. The first-order valence-electron chi connectivity index (χ1n) is 5.77. The van der Waals surface area contributed by atoms with Crippen LogP contribution in [0.25, 0.3) is 10.9 Å². The van der Waals surface area contributed by atoms with Gasteiger partial charge in [0.25, 0.3) is 10.0 Å². The molecule has 20 heavy (non-hydrogen) atoms. The number of benzene rings is 2. The molecular weight excluding hydrogens is 317 g/mol. The SMILES string of the molecule is O=S(=O)(c1ccccc1)n1ccc2c(Cl)cc(Cl)cc21. The number of hydrogen-bond donors (Lipinski definition) is 0. The lowest BCUT2D eigenvalue weighted by molar-refractivity contribution is 0.589. The van der Waals surface area contributed by atoms with Crippen molar-refractivity contribution in [3.05, 3.63) is 64.8 Å². The van der Waals surface area contributed by atoms with Gasteiger partial charge in [0.2, 0.25) is 0 Å². The maximum Gasteiger partial charge on any atom is 0.268 e. The highest BCUT2D eigenvalue weighted by atomic mass is 35.5. The van der Waals surface area contributed by atoms with Gasteiger partial charge in [-0.05, 0) is 30.3 Å². The molecule has 0 N–H and O–H groups in total. The molecule has 3 nitrogen and oxygen atoms in total. The molecule has 3 rings (SSSR count). The van der Waals surface area contributed by atoms with Crippen molar-refractivity contribution in [2.75, 3.05) is 0 Å². The van der Waals surface area contributed by atoms with Crippen molar-refractivity contribution in [1.82, 2.24) is 3.97 Å². The van der Waals surface area contributed by atoms with Gasteiger partial charge in [0, 0.05) is 16.6 Å². The van der Waals surface area contributed by atoms with Gasteiger partial charge in [-0.2, -0.15) is 0 Å². The standard InChI is InChI=1S/C14H9Cl2NO2S/c15-10-8-13(16)12-6-7-17(14(12)9-10)20(18,19)11-4-2-1-3-5-11/h1-9H. The van der Waals surface area contributed by atoms with E-state index in [1.54, 1.807) is 48.5 Å². The van der Waals surface area contributed by atoms with E-state index < -0.39 is 10.0 Å². The van der Waals surface area contributed by atoms with Crippen LogP contribution in [0, 0.1) is 0 Å². The summed E-state index contributed by atoms with van der Waals surface area (Å²) >= 11 is 12.0. The highest BCUT2D eigenvalue weighted by Crippen LogP contribution is 2.30. The molecule has 0 bridgehead atoms. The van der Waals surface area contributed by atoms with Crippen LogP contribution in [0.15, 0.2) is 59.6 Å². The summed E-state index contributed by atoms with van der Waals surface area (Å²) < 4.78 is 26.4.